The van der Waals surface area contributed by atoms with Crippen molar-refractivity contribution in [3.63, 3.8) is 0 Å². The van der Waals surface area contributed by atoms with Gasteiger partial charge >= 0.3 is 0 Å². The minimum Gasteiger partial charge on any atom is -0.370 e. The molecule has 1 N–H and O–H groups in total. The highest BCUT2D eigenvalue weighted by atomic mass is 35.5. The Morgan fingerprint density at radius 1 is 1.44 bits per heavy atom. The second-order valence-electron chi connectivity index (χ2n) is 1.87. The molecule has 50 valence electrons. The minimum absolute atomic E-state index is 0.524. The van der Waals surface area contributed by atoms with E-state index in [1.54, 1.807) is 18.2 Å². The molecule has 3 heteroatoms. The van der Waals surface area contributed by atoms with Crippen molar-refractivity contribution in [1.29, 1.82) is 0 Å². The summed E-state index contributed by atoms with van der Waals surface area (Å²) in [4.78, 5) is 0. The average molecular weight is 165 g/mol. The molecule has 0 aromatic rings. The van der Waals surface area contributed by atoms with Crippen LogP contribution in [0, 0.1) is 0 Å². The maximum Gasteiger partial charge on any atom is 0.177 e. The Morgan fingerprint density at radius 3 is 2.44 bits per heavy atom. The molecule has 0 fully saturated rings. The van der Waals surface area contributed by atoms with Gasteiger partial charge in [0.25, 0.3) is 0 Å². The molecule has 0 bridgehead atoms. The second-order valence-corrected chi connectivity index (χ2v) is 2.95. The lowest BCUT2D eigenvalue weighted by Crippen LogP contribution is -2.29. The highest BCUT2D eigenvalue weighted by molar-refractivity contribution is 6.33. The summed E-state index contributed by atoms with van der Waals surface area (Å²) in [6, 6.07) is 0. The van der Waals surface area contributed by atoms with Crippen molar-refractivity contribution in [2.24, 2.45) is 0 Å². The molecule has 0 radical (unpaired) electrons. The summed E-state index contributed by atoms with van der Waals surface area (Å²) in [6.07, 6.45) is 6.49. The lowest BCUT2D eigenvalue weighted by Gasteiger charge is -2.21. The van der Waals surface area contributed by atoms with E-state index in [2.05, 4.69) is 0 Å². The fourth-order valence-corrected chi connectivity index (χ4v) is 0.881. The van der Waals surface area contributed by atoms with E-state index in [0.717, 1.165) is 0 Å². The van der Waals surface area contributed by atoms with Gasteiger partial charge in [0.15, 0.2) is 5.06 Å². The number of halogens is 2. The monoisotopic (exact) mass is 164 g/mol. The quantitative estimate of drug-likeness (QED) is 0.541. The first-order chi connectivity index (χ1) is 4.13. The Balaban J connectivity index is 2.78. The largest absolute Gasteiger partial charge is 0.370 e. The number of alkyl halides is 2. The fraction of sp³-hybridized carbons (Fsp3) is 0.333. The smallest absolute Gasteiger partial charge is 0.177 e. The van der Waals surface area contributed by atoms with E-state index < -0.39 is 10.4 Å². The summed E-state index contributed by atoms with van der Waals surface area (Å²) in [5.41, 5.74) is 0. The topological polar surface area (TPSA) is 20.2 Å². The summed E-state index contributed by atoms with van der Waals surface area (Å²) in [7, 11) is 0. The van der Waals surface area contributed by atoms with E-state index >= 15 is 0 Å². The van der Waals surface area contributed by atoms with E-state index in [4.69, 9.17) is 28.3 Å². The van der Waals surface area contributed by atoms with Gasteiger partial charge < -0.3 is 5.11 Å². The molecule has 0 spiro atoms. The summed E-state index contributed by atoms with van der Waals surface area (Å²) in [5, 5.41) is 7.22. The minimum atomic E-state index is -1.39. The first-order valence-electron chi connectivity index (χ1n) is 2.54. The lowest BCUT2D eigenvalue weighted by atomic mass is 10.1. The average Bonchev–Trinajstić information content (AvgIpc) is 1.77. The van der Waals surface area contributed by atoms with Crippen LogP contribution in [0.3, 0.4) is 0 Å². The zero-order valence-corrected chi connectivity index (χ0v) is 6.10. The van der Waals surface area contributed by atoms with Crippen LogP contribution in [0.15, 0.2) is 24.3 Å². The number of aliphatic hydroxyl groups is 1. The van der Waals surface area contributed by atoms with E-state index in [9.17, 15) is 0 Å². The van der Waals surface area contributed by atoms with Crippen molar-refractivity contribution in [2.45, 2.75) is 10.4 Å². The molecule has 0 amide bonds. The van der Waals surface area contributed by atoms with E-state index in [0.29, 0.717) is 0 Å². The maximum atomic E-state index is 9.14. The first-order valence-corrected chi connectivity index (χ1v) is 3.36. The molecule has 2 unspecified atom stereocenters. The third-order valence-electron chi connectivity index (χ3n) is 1.11. The van der Waals surface area contributed by atoms with Crippen LogP contribution in [-0.4, -0.2) is 15.5 Å². The molecule has 0 aliphatic heterocycles. The molecule has 1 nitrogen and oxygen atoms in total. The molecule has 1 aliphatic carbocycles. The van der Waals surface area contributed by atoms with Gasteiger partial charge in [-0.1, -0.05) is 29.8 Å². The predicted octanol–water partition coefficient (Wildman–Crippen LogP) is 1.65. The predicted molar refractivity (Wildman–Crippen MR) is 38.7 cm³/mol. The van der Waals surface area contributed by atoms with E-state index in [1.807, 2.05) is 0 Å². The molecular weight excluding hydrogens is 159 g/mol. The van der Waals surface area contributed by atoms with Gasteiger partial charge in [-0.15, -0.1) is 11.6 Å². The zero-order valence-electron chi connectivity index (χ0n) is 4.59. The van der Waals surface area contributed by atoms with Crippen LogP contribution in [0.4, 0.5) is 0 Å². The fourth-order valence-electron chi connectivity index (χ4n) is 0.579. The van der Waals surface area contributed by atoms with Crippen molar-refractivity contribution in [3.05, 3.63) is 24.3 Å². The third kappa shape index (κ3) is 1.48. The third-order valence-corrected chi connectivity index (χ3v) is 2.06. The Bertz CT molecular complexity index is 160. The normalized spacial score (nSPS) is 41.4. The van der Waals surface area contributed by atoms with E-state index in [1.165, 1.54) is 6.08 Å². The highest BCUT2D eigenvalue weighted by Crippen LogP contribution is 2.26. The Kier molecular flexibility index (Phi) is 1.85. The summed E-state index contributed by atoms with van der Waals surface area (Å²) in [5.74, 6) is 0. The van der Waals surface area contributed by atoms with Crippen molar-refractivity contribution < 1.29 is 5.11 Å². The molecule has 0 aromatic heterocycles. The standard InChI is InChI=1S/C6H6Cl2O/c7-5-3-1-2-4-6(5,8)9/h1-5,9H. The molecule has 9 heavy (non-hydrogen) atoms. The number of hydrogen-bond donors (Lipinski definition) is 1. The lowest BCUT2D eigenvalue weighted by molar-refractivity contribution is 0.185. The summed E-state index contributed by atoms with van der Waals surface area (Å²) < 4.78 is 0. The van der Waals surface area contributed by atoms with Crippen molar-refractivity contribution in [2.75, 3.05) is 0 Å². The zero-order chi connectivity index (χ0) is 6.91. The first kappa shape index (κ1) is 7.13. The van der Waals surface area contributed by atoms with Gasteiger partial charge in [-0.25, -0.2) is 0 Å². The van der Waals surface area contributed by atoms with Gasteiger partial charge in [-0.05, 0) is 6.08 Å². The Labute approximate surface area is 63.6 Å². The van der Waals surface area contributed by atoms with Crippen molar-refractivity contribution in [3.8, 4) is 0 Å². The molecular formula is C6H6Cl2O. The second kappa shape index (κ2) is 2.33. The van der Waals surface area contributed by atoms with Gasteiger partial charge in [-0.3, -0.25) is 0 Å². The molecule has 1 rings (SSSR count). The maximum absolute atomic E-state index is 9.14. The SMILES string of the molecule is OC1(Cl)C=CC=CC1Cl. The molecule has 0 aromatic carbocycles. The van der Waals surface area contributed by atoms with Crippen LogP contribution in [0.25, 0.3) is 0 Å². The molecule has 0 saturated heterocycles. The summed E-state index contributed by atoms with van der Waals surface area (Å²) in [6.45, 7) is 0. The van der Waals surface area contributed by atoms with Crippen LogP contribution in [0.2, 0.25) is 0 Å². The van der Waals surface area contributed by atoms with Gasteiger partial charge in [0.05, 0.1) is 5.38 Å². The van der Waals surface area contributed by atoms with Crippen molar-refractivity contribution in [1.82, 2.24) is 0 Å². The van der Waals surface area contributed by atoms with Gasteiger partial charge in [0.2, 0.25) is 0 Å². The van der Waals surface area contributed by atoms with Crippen LogP contribution < -0.4 is 0 Å². The van der Waals surface area contributed by atoms with Crippen molar-refractivity contribution >= 4 is 23.2 Å². The Morgan fingerprint density at radius 2 is 2.11 bits per heavy atom. The molecule has 2 atom stereocenters. The van der Waals surface area contributed by atoms with Gasteiger partial charge in [0.1, 0.15) is 0 Å². The highest BCUT2D eigenvalue weighted by Gasteiger charge is 2.29. The molecule has 0 saturated carbocycles. The molecule has 1 aliphatic rings. The van der Waals surface area contributed by atoms with Crippen LogP contribution in [0.1, 0.15) is 0 Å². The van der Waals surface area contributed by atoms with Crippen LogP contribution in [0.5, 0.6) is 0 Å². The van der Waals surface area contributed by atoms with Gasteiger partial charge in [-0.2, -0.15) is 0 Å². The number of allylic oxidation sites excluding steroid dienone is 2. The molecule has 0 heterocycles. The Hall–Kier alpha value is 0.0200. The summed E-state index contributed by atoms with van der Waals surface area (Å²) >= 11 is 11.1. The van der Waals surface area contributed by atoms with Crippen LogP contribution in [-0.2, 0) is 0 Å². The number of rotatable bonds is 0. The van der Waals surface area contributed by atoms with E-state index in [-0.39, 0.29) is 0 Å². The van der Waals surface area contributed by atoms with Gasteiger partial charge in [0, 0.05) is 0 Å². The number of hydrogen-bond acceptors (Lipinski definition) is 1. The van der Waals surface area contributed by atoms with Crippen LogP contribution >= 0.6 is 23.2 Å².